The molecule has 0 aromatic carbocycles. The standard InChI is InChI=1S/C5H15N2O4PS.H2O/c6-2-1-3-7-4-5(13)11-12(8,9)10;/h5,7,13H,1-4,6H2,(H2,8,9,10);1H2. The van der Waals surface area contributed by atoms with Gasteiger partial charge in [-0.1, -0.05) is 0 Å². The van der Waals surface area contributed by atoms with Gasteiger partial charge in [-0.25, -0.2) is 4.57 Å². The monoisotopic (exact) mass is 248 g/mol. The molecule has 0 spiro atoms. The molecule has 0 rings (SSSR count). The van der Waals surface area contributed by atoms with Gasteiger partial charge in [0.05, 0.1) is 0 Å². The van der Waals surface area contributed by atoms with E-state index < -0.39 is 13.3 Å². The zero-order valence-corrected chi connectivity index (χ0v) is 9.38. The van der Waals surface area contributed by atoms with Gasteiger partial charge in [0.2, 0.25) is 0 Å². The molecule has 14 heavy (non-hydrogen) atoms. The molecule has 7 nitrogen and oxygen atoms in total. The van der Waals surface area contributed by atoms with Crippen LogP contribution in [0.25, 0.3) is 0 Å². The van der Waals surface area contributed by atoms with Gasteiger partial charge >= 0.3 is 7.82 Å². The third kappa shape index (κ3) is 12.3. The van der Waals surface area contributed by atoms with Crippen LogP contribution in [0.1, 0.15) is 6.42 Å². The third-order valence-electron chi connectivity index (χ3n) is 1.14. The second-order valence-corrected chi connectivity index (χ2v) is 4.16. The average molecular weight is 248 g/mol. The molecule has 0 aliphatic rings. The molecular formula is C5H17N2O5PS. The zero-order chi connectivity index (χ0) is 10.3. The van der Waals surface area contributed by atoms with Crippen LogP contribution in [0.5, 0.6) is 0 Å². The zero-order valence-electron chi connectivity index (χ0n) is 7.59. The van der Waals surface area contributed by atoms with Gasteiger partial charge in [0.1, 0.15) is 5.44 Å². The van der Waals surface area contributed by atoms with Crippen molar-refractivity contribution >= 4 is 20.5 Å². The van der Waals surface area contributed by atoms with Crippen LogP contribution in [0.4, 0.5) is 0 Å². The van der Waals surface area contributed by atoms with E-state index in [-0.39, 0.29) is 12.0 Å². The highest BCUT2D eigenvalue weighted by atomic mass is 32.1. The van der Waals surface area contributed by atoms with Gasteiger partial charge in [-0.2, -0.15) is 0 Å². The summed E-state index contributed by atoms with van der Waals surface area (Å²) < 4.78 is 14.6. The Morgan fingerprint density at radius 3 is 2.57 bits per heavy atom. The fourth-order valence-electron chi connectivity index (χ4n) is 0.648. The molecule has 1 unspecified atom stereocenters. The normalized spacial score (nSPS) is 13.4. The quantitative estimate of drug-likeness (QED) is 0.160. The summed E-state index contributed by atoms with van der Waals surface area (Å²) in [4.78, 5) is 16.8. The maximum Gasteiger partial charge on any atom is 0.470 e. The van der Waals surface area contributed by atoms with E-state index in [9.17, 15) is 4.57 Å². The Balaban J connectivity index is 0. The van der Waals surface area contributed by atoms with Crippen LogP contribution in [-0.2, 0) is 9.09 Å². The van der Waals surface area contributed by atoms with Crippen molar-refractivity contribution in [3.05, 3.63) is 0 Å². The second kappa shape index (κ2) is 8.63. The number of nitrogens with two attached hydrogens (primary N) is 1. The Morgan fingerprint density at radius 2 is 2.14 bits per heavy atom. The number of nitrogens with one attached hydrogen (secondary N) is 1. The maximum atomic E-state index is 10.3. The minimum absolute atomic E-state index is 0. The summed E-state index contributed by atoms with van der Waals surface area (Å²) >= 11 is 3.82. The molecule has 9 heteroatoms. The molecule has 0 aliphatic carbocycles. The number of phosphoric acid groups is 1. The molecule has 0 amide bonds. The van der Waals surface area contributed by atoms with Gasteiger partial charge in [-0.15, -0.1) is 12.6 Å². The highest BCUT2D eigenvalue weighted by molar-refractivity contribution is 7.81. The smallest absolute Gasteiger partial charge is 0.412 e. The summed E-state index contributed by atoms with van der Waals surface area (Å²) in [5.41, 5.74) is 4.43. The van der Waals surface area contributed by atoms with Crippen LogP contribution >= 0.6 is 20.5 Å². The van der Waals surface area contributed by atoms with Gasteiger partial charge in [0, 0.05) is 6.54 Å². The van der Waals surface area contributed by atoms with E-state index in [1.54, 1.807) is 0 Å². The van der Waals surface area contributed by atoms with E-state index in [4.69, 9.17) is 15.5 Å². The molecule has 0 saturated heterocycles. The average Bonchev–Trinajstić information content (AvgIpc) is 1.94. The van der Waals surface area contributed by atoms with Gasteiger partial charge in [-0.05, 0) is 19.5 Å². The lowest BCUT2D eigenvalue weighted by molar-refractivity contribution is 0.181. The summed E-state index contributed by atoms with van der Waals surface area (Å²) in [6, 6.07) is 0. The minimum Gasteiger partial charge on any atom is -0.412 e. The van der Waals surface area contributed by atoms with Crippen LogP contribution in [-0.4, -0.2) is 40.3 Å². The maximum absolute atomic E-state index is 10.3. The van der Waals surface area contributed by atoms with Crippen LogP contribution in [0.3, 0.4) is 0 Å². The molecule has 88 valence electrons. The first kappa shape index (κ1) is 16.8. The Hall–Kier alpha value is 0.340. The lowest BCUT2D eigenvalue weighted by atomic mass is 10.4. The molecular weight excluding hydrogens is 231 g/mol. The molecule has 0 saturated carbocycles. The Labute approximate surface area is 88.0 Å². The highest BCUT2D eigenvalue weighted by Crippen LogP contribution is 2.38. The number of hydrogen-bond acceptors (Lipinski definition) is 5. The first-order valence-electron chi connectivity index (χ1n) is 3.78. The third-order valence-corrected chi connectivity index (χ3v) is 2.12. The van der Waals surface area contributed by atoms with Gasteiger partial charge in [0.25, 0.3) is 0 Å². The van der Waals surface area contributed by atoms with Gasteiger partial charge in [-0.3, -0.25) is 4.52 Å². The first-order valence-corrected chi connectivity index (χ1v) is 5.83. The summed E-state index contributed by atoms with van der Waals surface area (Å²) in [6.45, 7) is 1.52. The molecule has 0 heterocycles. The van der Waals surface area contributed by atoms with Gasteiger partial charge < -0.3 is 26.3 Å². The Bertz CT molecular complexity index is 178. The van der Waals surface area contributed by atoms with E-state index in [1.807, 2.05) is 0 Å². The van der Waals surface area contributed by atoms with Crippen molar-refractivity contribution in [1.82, 2.24) is 5.32 Å². The van der Waals surface area contributed by atoms with Gasteiger partial charge in [0.15, 0.2) is 0 Å². The van der Waals surface area contributed by atoms with E-state index in [1.165, 1.54) is 0 Å². The SMILES string of the molecule is NCCCNCC(S)OP(=O)(O)O.O. The summed E-state index contributed by atoms with van der Waals surface area (Å²) in [5.74, 6) is 0. The van der Waals surface area contributed by atoms with Crippen molar-refractivity contribution in [2.45, 2.75) is 11.9 Å². The second-order valence-electron chi connectivity index (χ2n) is 2.40. The molecule has 0 aliphatic heterocycles. The number of rotatable bonds is 7. The van der Waals surface area contributed by atoms with E-state index in [0.29, 0.717) is 13.1 Å². The largest absolute Gasteiger partial charge is 0.470 e. The molecule has 1 atom stereocenters. The predicted molar refractivity (Wildman–Crippen MR) is 56.1 cm³/mol. The number of hydrogen-bond donors (Lipinski definition) is 5. The Morgan fingerprint density at radius 1 is 1.57 bits per heavy atom. The molecule has 0 radical (unpaired) electrons. The number of phosphoric ester groups is 1. The molecule has 7 N–H and O–H groups in total. The highest BCUT2D eigenvalue weighted by Gasteiger charge is 2.18. The molecule has 0 aromatic heterocycles. The fourth-order valence-corrected chi connectivity index (χ4v) is 1.54. The van der Waals surface area contributed by atoms with E-state index in [0.717, 1.165) is 6.42 Å². The van der Waals surface area contributed by atoms with Crippen molar-refractivity contribution in [2.75, 3.05) is 19.6 Å². The summed E-state index contributed by atoms with van der Waals surface area (Å²) in [7, 11) is -4.42. The number of thiol groups is 1. The molecule has 0 fully saturated rings. The summed E-state index contributed by atoms with van der Waals surface area (Å²) in [5, 5.41) is 2.88. The fraction of sp³-hybridized carbons (Fsp3) is 1.00. The van der Waals surface area contributed by atoms with Crippen molar-refractivity contribution in [3.63, 3.8) is 0 Å². The predicted octanol–water partition coefficient (Wildman–Crippen LogP) is -1.53. The molecule has 0 aromatic rings. The van der Waals surface area contributed by atoms with Crippen LogP contribution in [0, 0.1) is 0 Å². The van der Waals surface area contributed by atoms with Crippen molar-refractivity contribution in [3.8, 4) is 0 Å². The van der Waals surface area contributed by atoms with E-state index >= 15 is 0 Å². The molecule has 0 bridgehead atoms. The Kier molecular flexibility index (Phi) is 10.3. The summed E-state index contributed by atoms with van der Waals surface area (Å²) in [6.07, 6.45) is 0.802. The van der Waals surface area contributed by atoms with Crippen molar-refractivity contribution in [2.24, 2.45) is 5.73 Å². The van der Waals surface area contributed by atoms with Crippen molar-refractivity contribution < 1.29 is 24.4 Å². The lowest BCUT2D eigenvalue weighted by Crippen LogP contribution is -2.26. The lowest BCUT2D eigenvalue weighted by Gasteiger charge is -2.13. The van der Waals surface area contributed by atoms with Crippen LogP contribution in [0.2, 0.25) is 0 Å². The van der Waals surface area contributed by atoms with Crippen LogP contribution in [0.15, 0.2) is 0 Å². The minimum atomic E-state index is -4.42. The first-order chi connectivity index (χ1) is 5.95. The topological polar surface area (TPSA) is 136 Å². The van der Waals surface area contributed by atoms with Crippen molar-refractivity contribution in [1.29, 1.82) is 0 Å². The van der Waals surface area contributed by atoms with Crippen LogP contribution < -0.4 is 11.1 Å². The van der Waals surface area contributed by atoms with E-state index in [2.05, 4.69) is 22.5 Å².